The Morgan fingerprint density at radius 3 is 2.39 bits per heavy atom. The zero-order valence-corrected chi connectivity index (χ0v) is 18.3. The van der Waals surface area contributed by atoms with Crippen LogP contribution >= 0.6 is 0 Å². The number of Topliss-reactive ketones (excluding diaryl/α,β-unsaturated/α-hetero) is 1. The molecule has 8 heteroatoms. The molecular weight excluding hydrogens is 416 g/mol. The Morgan fingerprint density at radius 2 is 1.74 bits per heavy atom. The first-order valence-electron chi connectivity index (χ1n) is 10.2. The molecule has 1 fully saturated rings. The van der Waals surface area contributed by atoms with Gasteiger partial charge in [0.1, 0.15) is 22.1 Å². The number of ether oxygens (including phenoxy) is 1. The molecule has 0 saturated carbocycles. The minimum Gasteiger partial charge on any atom is -0.457 e. The number of rotatable bonds is 6. The lowest BCUT2D eigenvalue weighted by atomic mass is 9.91. The van der Waals surface area contributed by atoms with Crippen LogP contribution in [0.15, 0.2) is 64.0 Å². The van der Waals surface area contributed by atoms with Crippen LogP contribution in [0.3, 0.4) is 0 Å². The molecule has 0 radical (unpaired) electrons. The average molecular weight is 441 g/mol. The molecule has 0 N–H and O–H groups in total. The van der Waals surface area contributed by atoms with Gasteiger partial charge in [-0.15, -0.1) is 0 Å². The van der Waals surface area contributed by atoms with Crippen molar-refractivity contribution in [1.29, 1.82) is 0 Å². The van der Waals surface area contributed by atoms with Crippen molar-refractivity contribution in [3.05, 3.63) is 71.6 Å². The summed E-state index contributed by atoms with van der Waals surface area (Å²) in [4.78, 5) is 13.2. The highest BCUT2D eigenvalue weighted by Crippen LogP contribution is 2.29. The minimum absolute atomic E-state index is 0.0649. The molecule has 0 bridgehead atoms. The van der Waals surface area contributed by atoms with Crippen LogP contribution in [0, 0.1) is 19.8 Å². The van der Waals surface area contributed by atoms with Crippen LogP contribution in [0.4, 0.5) is 0 Å². The van der Waals surface area contributed by atoms with Gasteiger partial charge >= 0.3 is 0 Å². The largest absolute Gasteiger partial charge is 0.457 e. The number of sulfonamides is 1. The van der Waals surface area contributed by atoms with Gasteiger partial charge in [-0.3, -0.25) is 4.79 Å². The van der Waals surface area contributed by atoms with Gasteiger partial charge in [0.05, 0.1) is 0 Å². The molecule has 0 amide bonds. The molecule has 31 heavy (non-hydrogen) atoms. The molecule has 3 aromatic rings. The fraction of sp³-hybridized carbons (Fsp3) is 0.304. The van der Waals surface area contributed by atoms with Gasteiger partial charge in [-0.1, -0.05) is 23.4 Å². The molecule has 1 saturated heterocycles. The Hall–Kier alpha value is -2.97. The second kappa shape index (κ2) is 8.64. The van der Waals surface area contributed by atoms with Crippen molar-refractivity contribution in [2.45, 2.75) is 31.6 Å². The molecule has 1 aliphatic rings. The number of ketones is 1. The molecule has 0 unspecified atom stereocenters. The number of piperidine rings is 1. The quantitative estimate of drug-likeness (QED) is 0.529. The number of para-hydroxylation sites is 1. The first-order chi connectivity index (χ1) is 14.9. The molecule has 7 nitrogen and oxygen atoms in total. The number of hydrogen-bond donors (Lipinski definition) is 0. The number of carbonyl (C=O) groups is 1. The van der Waals surface area contributed by atoms with Gasteiger partial charge < -0.3 is 9.26 Å². The van der Waals surface area contributed by atoms with Crippen LogP contribution in [-0.2, 0) is 10.0 Å². The fourth-order valence-electron chi connectivity index (χ4n) is 3.89. The van der Waals surface area contributed by atoms with Crippen molar-refractivity contribution in [2.75, 3.05) is 13.1 Å². The second-order valence-corrected chi connectivity index (χ2v) is 9.53. The third kappa shape index (κ3) is 4.40. The standard InChI is InChI=1S/C23H24N2O5S/c1-16-23(17(2)30-24-16)31(27,28)25-14-6-7-19(15-25)22(26)18-10-12-21(13-11-18)29-20-8-4-3-5-9-20/h3-5,8-13,19H,6-7,14-15H2,1-2H3/t19-/m1/s1. The average Bonchev–Trinajstić information content (AvgIpc) is 3.13. The predicted molar refractivity (Wildman–Crippen MR) is 115 cm³/mol. The summed E-state index contributed by atoms with van der Waals surface area (Å²) in [6.45, 7) is 3.71. The number of aromatic nitrogens is 1. The van der Waals surface area contributed by atoms with Gasteiger partial charge in [0.2, 0.25) is 10.0 Å². The molecule has 2 heterocycles. The van der Waals surface area contributed by atoms with E-state index in [1.165, 1.54) is 4.31 Å². The summed E-state index contributed by atoms with van der Waals surface area (Å²) in [5.41, 5.74) is 0.877. The summed E-state index contributed by atoms with van der Waals surface area (Å²) >= 11 is 0. The smallest absolute Gasteiger partial charge is 0.248 e. The Labute approximate surface area is 181 Å². The van der Waals surface area contributed by atoms with E-state index in [-0.39, 0.29) is 23.0 Å². The first-order valence-corrected chi connectivity index (χ1v) is 11.6. The number of aryl methyl sites for hydroxylation is 2. The fourth-order valence-corrected chi connectivity index (χ4v) is 5.71. The number of hydrogen-bond acceptors (Lipinski definition) is 6. The van der Waals surface area contributed by atoms with E-state index in [9.17, 15) is 13.2 Å². The summed E-state index contributed by atoms with van der Waals surface area (Å²) in [5.74, 6) is 1.15. The van der Waals surface area contributed by atoms with Crippen molar-refractivity contribution in [1.82, 2.24) is 9.46 Å². The number of nitrogens with zero attached hydrogens (tertiary/aromatic N) is 2. The molecule has 1 atom stereocenters. The molecular formula is C23H24N2O5S. The first kappa shape index (κ1) is 21.3. The van der Waals surface area contributed by atoms with Crippen molar-refractivity contribution in [3.63, 3.8) is 0 Å². The summed E-state index contributed by atoms with van der Waals surface area (Å²) in [6, 6.07) is 16.4. The topological polar surface area (TPSA) is 89.7 Å². The van der Waals surface area contributed by atoms with Crippen molar-refractivity contribution >= 4 is 15.8 Å². The summed E-state index contributed by atoms with van der Waals surface area (Å²) in [6.07, 6.45) is 1.27. The Bertz CT molecular complexity index is 1150. The number of benzene rings is 2. The van der Waals surface area contributed by atoms with Gasteiger partial charge in [0.25, 0.3) is 0 Å². The Kier molecular flexibility index (Phi) is 5.93. The van der Waals surface area contributed by atoms with Crippen LogP contribution in [0.2, 0.25) is 0 Å². The van der Waals surface area contributed by atoms with Crippen LogP contribution in [-0.4, -0.2) is 36.8 Å². The van der Waals surface area contributed by atoms with Crippen molar-refractivity contribution in [3.8, 4) is 11.5 Å². The van der Waals surface area contributed by atoms with Gasteiger partial charge in [0.15, 0.2) is 11.5 Å². The van der Waals surface area contributed by atoms with Crippen LogP contribution in [0.1, 0.15) is 34.7 Å². The zero-order valence-electron chi connectivity index (χ0n) is 17.4. The normalized spacial score (nSPS) is 17.4. The monoisotopic (exact) mass is 440 g/mol. The third-order valence-corrected chi connectivity index (χ3v) is 7.55. The van der Waals surface area contributed by atoms with Crippen molar-refractivity contribution < 1.29 is 22.5 Å². The molecule has 0 aliphatic carbocycles. The molecule has 0 spiro atoms. The Balaban J connectivity index is 1.48. The third-order valence-electron chi connectivity index (χ3n) is 5.44. The lowest BCUT2D eigenvalue weighted by Crippen LogP contribution is -2.42. The summed E-state index contributed by atoms with van der Waals surface area (Å²) < 4.78 is 38.4. The maximum Gasteiger partial charge on any atom is 0.248 e. The van der Waals surface area contributed by atoms with E-state index in [0.717, 1.165) is 0 Å². The highest BCUT2D eigenvalue weighted by Gasteiger charge is 2.36. The highest BCUT2D eigenvalue weighted by molar-refractivity contribution is 7.89. The lowest BCUT2D eigenvalue weighted by molar-refractivity contribution is 0.0872. The highest BCUT2D eigenvalue weighted by atomic mass is 32.2. The van der Waals surface area contributed by atoms with E-state index in [1.807, 2.05) is 30.3 Å². The van der Waals surface area contributed by atoms with Crippen molar-refractivity contribution in [2.24, 2.45) is 5.92 Å². The van der Waals surface area contributed by atoms with Gasteiger partial charge in [-0.2, -0.15) is 4.31 Å². The van der Waals surface area contributed by atoms with Crippen LogP contribution in [0.5, 0.6) is 11.5 Å². The van der Waals surface area contributed by atoms with E-state index < -0.39 is 15.9 Å². The summed E-state index contributed by atoms with van der Waals surface area (Å²) in [5, 5.41) is 3.76. The van der Waals surface area contributed by atoms with Crippen LogP contribution in [0.25, 0.3) is 0 Å². The van der Waals surface area contributed by atoms with Crippen LogP contribution < -0.4 is 4.74 Å². The van der Waals surface area contributed by atoms with Gasteiger partial charge in [-0.05, 0) is 63.1 Å². The molecule has 162 valence electrons. The van der Waals surface area contributed by atoms with E-state index in [2.05, 4.69) is 5.16 Å². The van der Waals surface area contributed by atoms with E-state index in [0.29, 0.717) is 42.1 Å². The minimum atomic E-state index is -3.77. The maximum absolute atomic E-state index is 13.1. The SMILES string of the molecule is Cc1noc(C)c1S(=O)(=O)N1CCC[C@@H](C(=O)c2ccc(Oc3ccccc3)cc2)C1. The second-order valence-electron chi connectivity index (χ2n) is 7.66. The van der Waals surface area contributed by atoms with Gasteiger partial charge in [-0.25, -0.2) is 8.42 Å². The predicted octanol–water partition coefficient (Wildman–Crippen LogP) is 4.37. The lowest BCUT2D eigenvalue weighted by Gasteiger charge is -2.31. The molecule has 1 aliphatic heterocycles. The van der Waals surface area contributed by atoms with E-state index >= 15 is 0 Å². The van der Waals surface area contributed by atoms with E-state index in [1.54, 1.807) is 38.1 Å². The molecule has 4 rings (SSSR count). The maximum atomic E-state index is 13.1. The van der Waals surface area contributed by atoms with E-state index in [4.69, 9.17) is 9.26 Å². The number of carbonyl (C=O) groups excluding carboxylic acids is 1. The Morgan fingerprint density at radius 1 is 1.06 bits per heavy atom. The molecule has 1 aromatic heterocycles. The molecule has 2 aromatic carbocycles. The zero-order chi connectivity index (χ0) is 22.0. The summed E-state index contributed by atoms with van der Waals surface area (Å²) in [7, 11) is -3.77. The van der Waals surface area contributed by atoms with Gasteiger partial charge in [0, 0.05) is 24.6 Å².